The van der Waals surface area contributed by atoms with E-state index >= 15 is 0 Å². The van der Waals surface area contributed by atoms with Crippen molar-refractivity contribution >= 4 is 0 Å². The van der Waals surface area contributed by atoms with Gasteiger partial charge in [-0.1, -0.05) is 6.92 Å². The van der Waals surface area contributed by atoms with Crippen LogP contribution in [0.5, 0.6) is 0 Å². The van der Waals surface area contributed by atoms with E-state index in [9.17, 15) is 0 Å². The molecule has 0 saturated heterocycles. The van der Waals surface area contributed by atoms with Gasteiger partial charge in [0.15, 0.2) is 0 Å². The van der Waals surface area contributed by atoms with Gasteiger partial charge in [0.1, 0.15) is 11.6 Å². The first-order valence-electron chi connectivity index (χ1n) is 7.43. The molecular formula is C15H25N5O. The summed E-state index contributed by atoms with van der Waals surface area (Å²) in [7, 11) is 3.70. The van der Waals surface area contributed by atoms with Crippen molar-refractivity contribution < 1.29 is 4.74 Å². The SMILES string of the molecule is CCCc1nccn1-c1c(CNCCOC)c(C)nn1C. The Hall–Kier alpha value is -1.66. The maximum atomic E-state index is 5.07. The number of hydrogen-bond donors (Lipinski definition) is 1. The van der Waals surface area contributed by atoms with E-state index < -0.39 is 0 Å². The Kier molecular flexibility index (Phi) is 5.52. The van der Waals surface area contributed by atoms with Gasteiger partial charge in [0, 0.05) is 51.6 Å². The van der Waals surface area contributed by atoms with Gasteiger partial charge >= 0.3 is 0 Å². The van der Waals surface area contributed by atoms with Crippen molar-refractivity contribution in [1.29, 1.82) is 0 Å². The lowest BCUT2D eigenvalue weighted by Gasteiger charge is -2.11. The summed E-state index contributed by atoms with van der Waals surface area (Å²) in [6.45, 7) is 6.53. The normalized spacial score (nSPS) is 11.2. The van der Waals surface area contributed by atoms with E-state index in [1.54, 1.807) is 7.11 Å². The minimum atomic E-state index is 0.709. The van der Waals surface area contributed by atoms with Crippen LogP contribution in [-0.4, -0.2) is 39.6 Å². The lowest BCUT2D eigenvalue weighted by molar-refractivity contribution is 0.199. The third-order valence-electron chi connectivity index (χ3n) is 3.52. The highest BCUT2D eigenvalue weighted by atomic mass is 16.5. The Balaban J connectivity index is 2.27. The summed E-state index contributed by atoms with van der Waals surface area (Å²) < 4.78 is 9.15. The van der Waals surface area contributed by atoms with Gasteiger partial charge in [0.25, 0.3) is 0 Å². The molecule has 2 aromatic heterocycles. The lowest BCUT2D eigenvalue weighted by Crippen LogP contribution is -2.20. The molecule has 0 radical (unpaired) electrons. The van der Waals surface area contributed by atoms with E-state index in [2.05, 4.69) is 26.9 Å². The molecule has 2 heterocycles. The Morgan fingerprint density at radius 3 is 2.90 bits per heavy atom. The number of imidazole rings is 1. The molecule has 0 saturated carbocycles. The van der Waals surface area contributed by atoms with Gasteiger partial charge in [0.2, 0.25) is 0 Å². The standard InChI is InChI=1S/C15H25N5O/c1-5-6-14-17-7-9-20(14)15-13(11-16-8-10-21-4)12(2)18-19(15)3/h7,9,16H,5-6,8,10-11H2,1-4H3. The number of rotatable bonds is 8. The van der Waals surface area contributed by atoms with Crippen LogP contribution in [-0.2, 0) is 24.8 Å². The summed E-state index contributed by atoms with van der Waals surface area (Å²) in [6.07, 6.45) is 5.92. The van der Waals surface area contributed by atoms with E-state index in [0.717, 1.165) is 43.3 Å². The minimum Gasteiger partial charge on any atom is -0.383 e. The second-order valence-electron chi connectivity index (χ2n) is 5.14. The molecule has 2 aromatic rings. The number of nitrogens with one attached hydrogen (secondary N) is 1. The number of ether oxygens (including phenoxy) is 1. The van der Waals surface area contributed by atoms with Crippen molar-refractivity contribution in [2.45, 2.75) is 33.2 Å². The molecule has 0 aromatic carbocycles. The highest BCUT2D eigenvalue weighted by Crippen LogP contribution is 2.19. The molecule has 0 amide bonds. The van der Waals surface area contributed by atoms with Crippen LogP contribution in [0.2, 0.25) is 0 Å². The Morgan fingerprint density at radius 2 is 2.19 bits per heavy atom. The van der Waals surface area contributed by atoms with Crippen molar-refractivity contribution in [3.63, 3.8) is 0 Å². The molecule has 2 rings (SSSR count). The highest BCUT2D eigenvalue weighted by Gasteiger charge is 2.16. The number of aromatic nitrogens is 4. The van der Waals surface area contributed by atoms with E-state index in [1.165, 1.54) is 5.56 Å². The molecule has 0 spiro atoms. The number of methoxy groups -OCH3 is 1. The van der Waals surface area contributed by atoms with Gasteiger partial charge in [-0.05, 0) is 13.3 Å². The fourth-order valence-electron chi connectivity index (χ4n) is 2.52. The number of nitrogens with zero attached hydrogens (tertiary/aromatic N) is 4. The van der Waals surface area contributed by atoms with Gasteiger partial charge in [-0.3, -0.25) is 9.25 Å². The van der Waals surface area contributed by atoms with E-state index in [4.69, 9.17) is 4.74 Å². The van der Waals surface area contributed by atoms with E-state index in [0.29, 0.717) is 6.61 Å². The van der Waals surface area contributed by atoms with Crippen molar-refractivity contribution in [1.82, 2.24) is 24.6 Å². The molecule has 21 heavy (non-hydrogen) atoms. The number of aryl methyl sites for hydroxylation is 3. The highest BCUT2D eigenvalue weighted by molar-refractivity contribution is 5.39. The topological polar surface area (TPSA) is 56.9 Å². The van der Waals surface area contributed by atoms with Crippen LogP contribution < -0.4 is 5.32 Å². The summed E-state index contributed by atoms with van der Waals surface area (Å²) in [5, 5.41) is 7.96. The van der Waals surface area contributed by atoms with Gasteiger partial charge in [0.05, 0.1) is 12.3 Å². The van der Waals surface area contributed by atoms with Gasteiger partial charge in [-0.15, -0.1) is 0 Å². The molecule has 0 aliphatic carbocycles. The second-order valence-corrected chi connectivity index (χ2v) is 5.14. The Labute approximate surface area is 126 Å². The molecule has 0 fully saturated rings. The van der Waals surface area contributed by atoms with Gasteiger partial charge < -0.3 is 10.1 Å². The van der Waals surface area contributed by atoms with Crippen LogP contribution >= 0.6 is 0 Å². The summed E-state index contributed by atoms with van der Waals surface area (Å²) in [5.74, 6) is 2.18. The minimum absolute atomic E-state index is 0.709. The van der Waals surface area contributed by atoms with Gasteiger partial charge in [-0.2, -0.15) is 5.10 Å². The van der Waals surface area contributed by atoms with Crippen molar-refractivity contribution in [3.05, 3.63) is 29.5 Å². The number of hydrogen-bond acceptors (Lipinski definition) is 4. The van der Waals surface area contributed by atoms with Crippen LogP contribution in [0.25, 0.3) is 5.82 Å². The quantitative estimate of drug-likeness (QED) is 0.751. The second kappa shape index (κ2) is 7.38. The first kappa shape index (κ1) is 15.7. The summed E-state index contributed by atoms with van der Waals surface area (Å²) in [6, 6.07) is 0. The Bertz CT molecular complexity index is 573. The summed E-state index contributed by atoms with van der Waals surface area (Å²) in [4.78, 5) is 4.46. The zero-order valence-electron chi connectivity index (χ0n) is 13.4. The third-order valence-corrected chi connectivity index (χ3v) is 3.52. The van der Waals surface area contributed by atoms with Crippen LogP contribution in [0.4, 0.5) is 0 Å². The van der Waals surface area contributed by atoms with Crippen molar-refractivity contribution in [2.75, 3.05) is 20.3 Å². The van der Waals surface area contributed by atoms with Gasteiger partial charge in [-0.25, -0.2) is 4.98 Å². The lowest BCUT2D eigenvalue weighted by atomic mass is 10.2. The van der Waals surface area contributed by atoms with Crippen LogP contribution in [0.1, 0.15) is 30.4 Å². The fourth-order valence-corrected chi connectivity index (χ4v) is 2.52. The summed E-state index contributed by atoms with van der Waals surface area (Å²) in [5.41, 5.74) is 2.26. The average Bonchev–Trinajstić information content (AvgIpc) is 3.00. The Morgan fingerprint density at radius 1 is 1.38 bits per heavy atom. The zero-order valence-corrected chi connectivity index (χ0v) is 13.4. The van der Waals surface area contributed by atoms with Crippen LogP contribution in [0.15, 0.2) is 12.4 Å². The third kappa shape index (κ3) is 3.51. The van der Waals surface area contributed by atoms with Crippen LogP contribution in [0.3, 0.4) is 0 Å². The first-order valence-corrected chi connectivity index (χ1v) is 7.43. The van der Waals surface area contributed by atoms with E-state index in [1.807, 2.05) is 31.0 Å². The molecule has 1 N–H and O–H groups in total. The molecule has 0 unspecified atom stereocenters. The van der Waals surface area contributed by atoms with E-state index in [-0.39, 0.29) is 0 Å². The fraction of sp³-hybridized carbons (Fsp3) is 0.600. The molecule has 0 atom stereocenters. The smallest absolute Gasteiger partial charge is 0.140 e. The van der Waals surface area contributed by atoms with Crippen molar-refractivity contribution in [3.8, 4) is 5.82 Å². The monoisotopic (exact) mass is 291 g/mol. The molecule has 6 nitrogen and oxygen atoms in total. The maximum Gasteiger partial charge on any atom is 0.140 e. The zero-order chi connectivity index (χ0) is 15.2. The predicted molar refractivity (Wildman–Crippen MR) is 82.6 cm³/mol. The molecule has 0 bridgehead atoms. The largest absolute Gasteiger partial charge is 0.383 e. The van der Waals surface area contributed by atoms with Crippen LogP contribution in [0, 0.1) is 6.92 Å². The van der Waals surface area contributed by atoms with Crippen molar-refractivity contribution in [2.24, 2.45) is 7.05 Å². The maximum absolute atomic E-state index is 5.07. The molecule has 0 aliphatic heterocycles. The predicted octanol–water partition coefficient (Wildman–Crippen LogP) is 1.60. The molecule has 6 heteroatoms. The average molecular weight is 291 g/mol. The first-order chi connectivity index (χ1) is 10.2. The molecular weight excluding hydrogens is 266 g/mol. The summed E-state index contributed by atoms with van der Waals surface area (Å²) >= 11 is 0. The molecule has 116 valence electrons. The molecule has 0 aliphatic rings.